The lowest BCUT2D eigenvalue weighted by atomic mass is 10.1. The molecule has 0 N–H and O–H groups in total. The number of benzene rings is 1. The second-order valence-electron chi connectivity index (χ2n) is 6.35. The molecule has 4 heteroatoms. The lowest BCUT2D eigenvalue weighted by Crippen LogP contribution is -2.45. The van der Waals surface area contributed by atoms with Crippen molar-refractivity contribution in [3.05, 3.63) is 24.3 Å². The fourth-order valence-electron chi connectivity index (χ4n) is 2.77. The van der Waals surface area contributed by atoms with Gasteiger partial charge in [0.1, 0.15) is 11.9 Å². The molecule has 0 heterocycles. The lowest BCUT2D eigenvalue weighted by molar-refractivity contribution is -0.129. The van der Waals surface area contributed by atoms with E-state index in [-0.39, 0.29) is 11.9 Å². The molecule has 1 aliphatic carbocycles. The van der Waals surface area contributed by atoms with Crippen LogP contribution < -0.4 is 9.64 Å². The second-order valence-corrected chi connectivity index (χ2v) is 6.35. The monoisotopic (exact) mass is 319 g/mol. The molecule has 128 valence electrons. The Hall–Kier alpha value is -1.55. The molecule has 0 aliphatic heterocycles. The van der Waals surface area contributed by atoms with Crippen LogP contribution >= 0.6 is 0 Å². The van der Waals surface area contributed by atoms with E-state index in [1.54, 1.807) is 7.11 Å². The molecule has 23 heavy (non-hydrogen) atoms. The quantitative estimate of drug-likeness (QED) is 0.645. The van der Waals surface area contributed by atoms with Gasteiger partial charge in [-0.05, 0) is 63.3 Å². The molecule has 0 bridgehead atoms. The molecule has 0 spiro atoms. The number of ether oxygens (including phenoxy) is 2. The Labute approximate surface area is 139 Å². The Bertz CT molecular complexity index is 496. The number of methoxy groups -OCH3 is 1. The van der Waals surface area contributed by atoms with Crippen LogP contribution in [-0.4, -0.2) is 31.8 Å². The number of carbonyl (C=O) groups excluding carboxylic acids is 1. The van der Waals surface area contributed by atoms with Crippen molar-refractivity contribution >= 4 is 11.6 Å². The number of hydrogen-bond donors (Lipinski definition) is 0. The zero-order chi connectivity index (χ0) is 16.8. The summed E-state index contributed by atoms with van der Waals surface area (Å²) in [5.41, 5.74) is 0.918. The van der Waals surface area contributed by atoms with Crippen LogP contribution in [0.2, 0.25) is 0 Å². The Morgan fingerprint density at radius 3 is 2.43 bits per heavy atom. The fraction of sp³-hybridized carbons (Fsp3) is 0.632. The molecule has 0 radical (unpaired) electrons. The maximum absolute atomic E-state index is 12.9. The van der Waals surface area contributed by atoms with Crippen molar-refractivity contribution in [3.8, 4) is 5.75 Å². The highest BCUT2D eigenvalue weighted by Gasteiger charge is 2.36. The molecule has 1 aromatic carbocycles. The van der Waals surface area contributed by atoms with Crippen molar-refractivity contribution < 1.29 is 14.3 Å². The predicted octanol–water partition coefficient (Wildman–Crippen LogP) is 4.03. The van der Waals surface area contributed by atoms with E-state index in [9.17, 15) is 4.79 Å². The predicted molar refractivity (Wildman–Crippen MR) is 93.0 cm³/mol. The third kappa shape index (κ3) is 4.71. The minimum atomic E-state index is -0.412. The average molecular weight is 319 g/mol. The normalized spacial score (nSPS) is 16.7. The van der Waals surface area contributed by atoms with Crippen LogP contribution in [-0.2, 0) is 9.53 Å². The molecular formula is C19H29NO3. The first kappa shape index (κ1) is 17.8. The summed E-state index contributed by atoms with van der Waals surface area (Å²) in [6.45, 7) is 6.75. The highest BCUT2D eigenvalue weighted by Crippen LogP contribution is 2.37. The zero-order valence-corrected chi connectivity index (χ0v) is 14.7. The molecule has 0 saturated heterocycles. The van der Waals surface area contributed by atoms with Gasteiger partial charge in [0.05, 0.1) is 7.11 Å². The van der Waals surface area contributed by atoms with Gasteiger partial charge in [0.2, 0.25) is 0 Å². The van der Waals surface area contributed by atoms with Gasteiger partial charge >= 0.3 is 0 Å². The van der Waals surface area contributed by atoms with Gasteiger partial charge in [-0.2, -0.15) is 0 Å². The number of unbranched alkanes of at least 4 members (excludes halogenated alkanes) is 1. The third-order valence-electron chi connectivity index (χ3n) is 4.51. The minimum absolute atomic E-state index is 0.0469. The summed E-state index contributed by atoms with van der Waals surface area (Å²) in [6.07, 6.45) is 4.04. The van der Waals surface area contributed by atoms with Crippen LogP contribution in [0.3, 0.4) is 0 Å². The van der Waals surface area contributed by atoms with Crippen LogP contribution in [0.4, 0.5) is 5.69 Å². The largest absolute Gasteiger partial charge is 0.497 e. The molecule has 1 fully saturated rings. The van der Waals surface area contributed by atoms with Gasteiger partial charge < -0.3 is 14.4 Å². The molecule has 2 rings (SSSR count). The highest BCUT2D eigenvalue weighted by molar-refractivity contribution is 5.97. The molecule has 4 nitrogen and oxygen atoms in total. The van der Waals surface area contributed by atoms with E-state index in [1.807, 2.05) is 36.1 Å². The topological polar surface area (TPSA) is 38.8 Å². The molecule has 2 atom stereocenters. The van der Waals surface area contributed by atoms with E-state index in [4.69, 9.17) is 9.47 Å². The molecule has 0 unspecified atom stereocenters. The summed E-state index contributed by atoms with van der Waals surface area (Å²) < 4.78 is 10.9. The SMILES string of the molecule is CCCCO[C@H](C)C(=O)N(c1ccc(OC)cc1)[C@@H](C)C1CC1. The Morgan fingerprint density at radius 1 is 1.26 bits per heavy atom. The zero-order valence-electron chi connectivity index (χ0n) is 14.7. The number of rotatable bonds is 9. The lowest BCUT2D eigenvalue weighted by Gasteiger charge is -2.32. The molecule has 1 saturated carbocycles. The van der Waals surface area contributed by atoms with E-state index in [1.165, 1.54) is 12.8 Å². The summed E-state index contributed by atoms with van der Waals surface area (Å²) in [6, 6.07) is 7.91. The Kier molecular flexibility index (Phi) is 6.46. The summed E-state index contributed by atoms with van der Waals surface area (Å²) in [5, 5.41) is 0. The standard InChI is InChI=1S/C19H29NO3/c1-5-6-13-23-15(3)19(21)20(14(2)16-7-8-16)17-9-11-18(22-4)12-10-17/h9-12,14-16H,5-8,13H2,1-4H3/t14-,15+/m0/s1. The van der Waals surface area contributed by atoms with Gasteiger partial charge in [-0.25, -0.2) is 0 Å². The van der Waals surface area contributed by atoms with Gasteiger partial charge in [0, 0.05) is 18.3 Å². The van der Waals surface area contributed by atoms with Crippen molar-refractivity contribution in [2.24, 2.45) is 5.92 Å². The van der Waals surface area contributed by atoms with Gasteiger partial charge in [-0.1, -0.05) is 13.3 Å². The summed E-state index contributed by atoms with van der Waals surface area (Å²) >= 11 is 0. The van der Waals surface area contributed by atoms with Crippen LogP contribution in [0.15, 0.2) is 24.3 Å². The van der Waals surface area contributed by atoms with E-state index < -0.39 is 6.10 Å². The summed E-state index contributed by atoms with van der Waals surface area (Å²) in [4.78, 5) is 14.8. The molecular weight excluding hydrogens is 290 g/mol. The molecule has 0 aromatic heterocycles. The summed E-state index contributed by atoms with van der Waals surface area (Å²) in [5.74, 6) is 1.45. The van der Waals surface area contributed by atoms with Crippen molar-refractivity contribution in [2.45, 2.75) is 58.6 Å². The molecule has 1 aliphatic rings. The smallest absolute Gasteiger partial charge is 0.256 e. The van der Waals surface area contributed by atoms with Crippen LogP contribution in [0.25, 0.3) is 0 Å². The fourth-order valence-corrected chi connectivity index (χ4v) is 2.77. The maximum Gasteiger partial charge on any atom is 0.256 e. The number of nitrogens with zero attached hydrogens (tertiary/aromatic N) is 1. The first-order chi connectivity index (χ1) is 11.1. The van der Waals surface area contributed by atoms with Gasteiger partial charge in [-0.3, -0.25) is 4.79 Å². The van der Waals surface area contributed by atoms with Gasteiger partial charge in [0.15, 0.2) is 0 Å². The summed E-state index contributed by atoms with van der Waals surface area (Å²) in [7, 11) is 1.65. The first-order valence-electron chi connectivity index (χ1n) is 8.67. The van der Waals surface area contributed by atoms with E-state index in [0.717, 1.165) is 24.3 Å². The molecule has 1 amide bonds. The average Bonchev–Trinajstić information content (AvgIpc) is 3.40. The Balaban J connectivity index is 2.13. The number of anilines is 1. The second kappa shape index (κ2) is 8.34. The van der Waals surface area contributed by atoms with Gasteiger partial charge in [0.25, 0.3) is 5.91 Å². The van der Waals surface area contributed by atoms with E-state index in [2.05, 4.69) is 13.8 Å². The maximum atomic E-state index is 12.9. The number of amides is 1. The van der Waals surface area contributed by atoms with Crippen molar-refractivity contribution in [1.82, 2.24) is 0 Å². The van der Waals surface area contributed by atoms with Gasteiger partial charge in [-0.15, -0.1) is 0 Å². The van der Waals surface area contributed by atoms with Crippen LogP contribution in [0.5, 0.6) is 5.75 Å². The Morgan fingerprint density at radius 2 is 1.91 bits per heavy atom. The van der Waals surface area contributed by atoms with Crippen molar-refractivity contribution in [3.63, 3.8) is 0 Å². The van der Waals surface area contributed by atoms with E-state index >= 15 is 0 Å². The van der Waals surface area contributed by atoms with Crippen molar-refractivity contribution in [2.75, 3.05) is 18.6 Å². The van der Waals surface area contributed by atoms with Crippen LogP contribution in [0, 0.1) is 5.92 Å². The first-order valence-corrected chi connectivity index (χ1v) is 8.67. The van der Waals surface area contributed by atoms with Crippen LogP contribution in [0.1, 0.15) is 46.5 Å². The minimum Gasteiger partial charge on any atom is -0.497 e. The molecule has 1 aromatic rings. The number of hydrogen-bond acceptors (Lipinski definition) is 3. The highest BCUT2D eigenvalue weighted by atomic mass is 16.5. The van der Waals surface area contributed by atoms with Crippen molar-refractivity contribution in [1.29, 1.82) is 0 Å². The third-order valence-corrected chi connectivity index (χ3v) is 4.51. The number of carbonyl (C=O) groups is 1. The van der Waals surface area contributed by atoms with E-state index in [0.29, 0.717) is 12.5 Å².